The number of aryl methyl sites for hydroxylation is 1. The van der Waals surface area contributed by atoms with Gasteiger partial charge < -0.3 is 10.0 Å². The molecule has 0 aliphatic rings. The summed E-state index contributed by atoms with van der Waals surface area (Å²) in [5.74, 6) is 0. The van der Waals surface area contributed by atoms with E-state index in [1.54, 1.807) is 0 Å². The van der Waals surface area contributed by atoms with Gasteiger partial charge in [-0.05, 0) is 12.5 Å². The van der Waals surface area contributed by atoms with Crippen LogP contribution in [0.3, 0.4) is 0 Å². The lowest BCUT2D eigenvalue weighted by Crippen LogP contribution is -2.23. The van der Waals surface area contributed by atoms with Crippen molar-refractivity contribution >= 4 is 12.1 Å². The third-order valence-electron chi connectivity index (χ3n) is 2.27. The summed E-state index contributed by atoms with van der Waals surface area (Å²) in [5, 5.41) is 8.79. The summed E-state index contributed by atoms with van der Waals surface area (Å²) < 4.78 is 0. The molecule has 1 amide bonds. The third-order valence-corrected chi connectivity index (χ3v) is 2.27. The van der Waals surface area contributed by atoms with E-state index in [1.807, 2.05) is 31.2 Å². The molecular formula is C12H15NO2. The van der Waals surface area contributed by atoms with Crippen molar-refractivity contribution in [2.24, 2.45) is 0 Å². The van der Waals surface area contributed by atoms with Crippen LogP contribution >= 0.6 is 0 Å². The van der Waals surface area contributed by atoms with E-state index in [-0.39, 0.29) is 13.2 Å². The molecule has 1 aromatic carbocycles. The molecule has 3 nitrogen and oxygen atoms in total. The zero-order chi connectivity index (χ0) is 11.3. The van der Waals surface area contributed by atoms with E-state index in [0.29, 0.717) is 12.1 Å². The number of hydrogen-bond donors (Lipinski definition) is 1. The average molecular weight is 205 g/mol. The van der Waals surface area contributed by atoms with Gasteiger partial charge in [0.05, 0.1) is 6.61 Å². The van der Waals surface area contributed by atoms with E-state index in [2.05, 4.69) is 6.58 Å². The minimum atomic E-state index is -0.0658. The number of aliphatic hydroxyl groups is 1. The quantitative estimate of drug-likeness (QED) is 0.738. The molecule has 0 spiro atoms. The third kappa shape index (κ3) is 2.67. The second-order valence-electron chi connectivity index (χ2n) is 3.28. The fourth-order valence-electron chi connectivity index (χ4n) is 1.41. The molecule has 1 aromatic rings. The van der Waals surface area contributed by atoms with Crippen molar-refractivity contribution in [3.63, 3.8) is 0 Å². The van der Waals surface area contributed by atoms with Crippen LogP contribution in [0.5, 0.6) is 0 Å². The Hall–Kier alpha value is -1.61. The normalized spacial score (nSPS) is 9.73. The molecule has 0 aliphatic heterocycles. The molecule has 0 heterocycles. The smallest absolute Gasteiger partial charge is 0.214 e. The SMILES string of the molecule is C=C(c1ccccc1C)N(C=O)CCO. The van der Waals surface area contributed by atoms with Crippen molar-refractivity contribution in [2.75, 3.05) is 13.2 Å². The maximum Gasteiger partial charge on any atom is 0.214 e. The lowest BCUT2D eigenvalue weighted by atomic mass is 10.1. The van der Waals surface area contributed by atoms with Crippen LogP contribution in [-0.2, 0) is 4.79 Å². The van der Waals surface area contributed by atoms with E-state index < -0.39 is 0 Å². The fourth-order valence-corrected chi connectivity index (χ4v) is 1.41. The van der Waals surface area contributed by atoms with Crippen molar-refractivity contribution in [2.45, 2.75) is 6.92 Å². The predicted octanol–water partition coefficient (Wildman–Crippen LogP) is 1.42. The summed E-state index contributed by atoms with van der Waals surface area (Å²) in [6.45, 7) is 6.03. The van der Waals surface area contributed by atoms with Crippen LogP contribution in [0.1, 0.15) is 11.1 Å². The van der Waals surface area contributed by atoms with Crippen LogP contribution in [0.4, 0.5) is 0 Å². The van der Waals surface area contributed by atoms with E-state index in [1.165, 1.54) is 4.90 Å². The zero-order valence-corrected chi connectivity index (χ0v) is 8.81. The molecule has 80 valence electrons. The standard InChI is InChI=1S/C12H15NO2/c1-10-5-3-4-6-12(10)11(2)13(9-15)7-8-14/h3-6,9,14H,2,7-8H2,1H3. The van der Waals surface area contributed by atoms with E-state index in [0.717, 1.165) is 11.1 Å². The molecule has 0 atom stereocenters. The summed E-state index contributed by atoms with van der Waals surface area (Å²) >= 11 is 0. The van der Waals surface area contributed by atoms with Crippen LogP contribution in [-0.4, -0.2) is 29.6 Å². The number of rotatable bonds is 5. The van der Waals surface area contributed by atoms with Gasteiger partial charge in [-0.25, -0.2) is 0 Å². The van der Waals surface area contributed by atoms with Crippen molar-refractivity contribution < 1.29 is 9.90 Å². The summed E-state index contributed by atoms with van der Waals surface area (Å²) in [4.78, 5) is 12.2. The summed E-state index contributed by atoms with van der Waals surface area (Å²) in [7, 11) is 0. The van der Waals surface area contributed by atoms with E-state index in [9.17, 15) is 4.79 Å². The molecule has 0 unspecified atom stereocenters. The van der Waals surface area contributed by atoms with Crippen LogP contribution in [0.2, 0.25) is 0 Å². The van der Waals surface area contributed by atoms with Gasteiger partial charge in [0.25, 0.3) is 0 Å². The van der Waals surface area contributed by atoms with Gasteiger partial charge in [-0.1, -0.05) is 30.8 Å². The highest BCUT2D eigenvalue weighted by atomic mass is 16.3. The molecule has 3 heteroatoms. The minimum absolute atomic E-state index is 0.0658. The topological polar surface area (TPSA) is 40.5 Å². The summed E-state index contributed by atoms with van der Waals surface area (Å²) in [6.07, 6.45) is 0.686. The lowest BCUT2D eigenvalue weighted by Gasteiger charge is -2.20. The van der Waals surface area contributed by atoms with Gasteiger partial charge in [0.2, 0.25) is 6.41 Å². The number of hydrogen-bond acceptors (Lipinski definition) is 2. The first-order valence-electron chi connectivity index (χ1n) is 4.78. The van der Waals surface area contributed by atoms with Gasteiger partial charge in [0, 0.05) is 17.8 Å². The highest BCUT2D eigenvalue weighted by Crippen LogP contribution is 2.19. The van der Waals surface area contributed by atoms with Gasteiger partial charge in [0.15, 0.2) is 0 Å². The molecule has 15 heavy (non-hydrogen) atoms. The van der Waals surface area contributed by atoms with Crippen LogP contribution < -0.4 is 0 Å². The molecule has 0 saturated heterocycles. The lowest BCUT2D eigenvalue weighted by molar-refractivity contribution is -0.115. The monoisotopic (exact) mass is 205 g/mol. The molecule has 0 fully saturated rings. The summed E-state index contributed by atoms with van der Waals surface area (Å²) in [6, 6.07) is 7.70. The van der Waals surface area contributed by atoms with Gasteiger partial charge in [-0.3, -0.25) is 4.79 Å². The molecule has 0 radical (unpaired) electrons. The van der Waals surface area contributed by atoms with Gasteiger partial charge in [-0.15, -0.1) is 0 Å². The number of benzene rings is 1. The van der Waals surface area contributed by atoms with Crippen LogP contribution in [0.25, 0.3) is 5.70 Å². The highest BCUT2D eigenvalue weighted by molar-refractivity contribution is 5.74. The fraction of sp³-hybridized carbons (Fsp3) is 0.250. The number of amides is 1. The predicted molar refractivity (Wildman–Crippen MR) is 60.1 cm³/mol. The second kappa shape index (κ2) is 5.32. The Balaban J connectivity index is 2.92. The number of nitrogens with zero attached hydrogens (tertiary/aromatic N) is 1. The minimum Gasteiger partial charge on any atom is -0.395 e. The molecule has 1 N–H and O–H groups in total. The zero-order valence-electron chi connectivity index (χ0n) is 8.81. The highest BCUT2D eigenvalue weighted by Gasteiger charge is 2.09. The Kier molecular flexibility index (Phi) is 4.06. The molecule has 0 saturated carbocycles. The Bertz CT molecular complexity index is 360. The second-order valence-corrected chi connectivity index (χ2v) is 3.28. The number of aliphatic hydroxyl groups excluding tert-OH is 1. The maximum absolute atomic E-state index is 10.8. The molecule has 1 rings (SSSR count). The molecular weight excluding hydrogens is 190 g/mol. The van der Waals surface area contributed by atoms with Gasteiger partial charge >= 0.3 is 0 Å². The van der Waals surface area contributed by atoms with Crippen LogP contribution in [0, 0.1) is 6.92 Å². The Morgan fingerprint density at radius 1 is 1.53 bits per heavy atom. The number of carbonyl (C=O) groups is 1. The van der Waals surface area contributed by atoms with Crippen LogP contribution in [0.15, 0.2) is 30.8 Å². The summed E-state index contributed by atoms with van der Waals surface area (Å²) in [5.41, 5.74) is 2.61. The van der Waals surface area contributed by atoms with E-state index in [4.69, 9.17) is 5.11 Å². The molecule has 0 aromatic heterocycles. The van der Waals surface area contributed by atoms with Crippen molar-refractivity contribution in [1.29, 1.82) is 0 Å². The van der Waals surface area contributed by atoms with Crippen molar-refractivity contribution in [1.82, 2.24) is 4.90 Å². The first-order valence-corrected chi connectivity index (χ1v) is 4.78. The van der Waals surface area contributed by atoms with Gasteiger partial charge in [-0.2, -0.15) is 0 Å². The van der Waals surface area contributed by atoms with Gasteiger partial charge in [0.1, 0.15) is 0 Å². The first-order chi connectivity index (χ1) is 7.20. The molecule has 0 bridgehead atoms. The average Bonchev–Trinajstić information content (AvgIpc) is 2.25. The van der Waals surface area contributed by atoms with E-state index >= 15 is 0 Å². The maximum atomic E-state index is 10.8. The first kappa shape index (κ1) is 11.5. The Morgan fingerprint density at radius 2 is 2.20 bits per heavy atom. The molecule has 0 aliphatic carbocycles. The van der Waals surface area contributed by atoms with Crippen molar-refractivity contribution in [3.8, 4) is 0 Å². The Labute approximate surface area is 89.6 Å². The largest absolute Gasteiger partial charge is 0.395 e. The number of carbonyl (C=O) groups excluding carboxylic acids is 1. The van der Waals surface area contributed by atoms with Crippen molar-refractivity contribution in [3.05, 3.63) is 42.0 Å². The Morgan fingerprint density at radius 3 is 2.73 bits per heavy atom.